The van der Waals surface area contributed by atoms with Crippen molar-refractivity contribution in [2.24, 2.45) is 5.92 Å². The van der Waals surface area contributed by atoms with E-state index in [1.54, 1.807) is 19.9 Å². The zero-order valence-corrected chi connectivity index (χ0v) is 8.58. The molecule has 0 fully saturated rings. The highest BCUT2D eigenvalue weighted by Crippen LogP contribution is 2.00. The summed E-state index contributed by atoms with van der Waals surface area (Å²) < 4.78 is 10.2. The second kappa shape index (κ2) is 6.66. The first-order chi connectivity index (χ1) is 6.07. The van der Waals surface area contributed by atoms with Crippen LogP contribution in [0.2, 0.25) is 0 Å². The van der Waals surface area contributed by atoms with Crippen molar-refractivity contribution in [1.29, 1.82) is 0 Å². The van der Waals surface area contributed by atoms with E-state index in [-0.39, 0.29) is 18.0 Å². The van der Waals surface area contributed by atoms with Gasteiger partial charge in [0.2, 0.25) is 0 Å². The molecule has 3 heteroatoms. The number of hydrogen-bond donors (Lipinski definition) is 0. The molecule has 0 bridgehead atoms. The Morgan fingerprint density at radius 2 is 2.08 bits per heavy atom. The van der Waals surface area contributed by atoms with Crippen LogP contribution in [0.25, 0.3) is 0 Å². The number of hydrogen-bond acceptors (Lipinski definition) is 3. The Bertz CT molecular complexity index is 164. The summed E-state index contributed by atoms with van der Waals surface area (Å²) in [5, 5.41) is 0. The molecule has 0 aromatic rings. The number of ether oxygens (including phenoxy) is 2. The molecule has 0 N–H and O–H groups in total. The molecule has 3 nitrogen and oxygen atoms in total. The highest BCUT2D eigenvalue weighted by Gasteiger charge is 2.12. The molecule has 0 saturated heterocycles. The highest BCUT2D eigenvalue weighted by molar-refractivity contribution is 5.71. The summed E-state index contributed by atoms with van der Waals surface area (Å²) in [5.74, 6) is -0.267. The van der Waals surface area contributed by atoms with Crippen molar-refractivity contribution < 1.29 is 14.3 Å². The SMILES string of the molecule is C=CCOC[C@H](C)OC(=O)C(C)C. The normalized spacial score (nSPS) is 12.6. The van der Waals surface area contributed by atoms with Crippen LogP contribution in [0.15, 0.2) is 12.7 Å². The summed E-state index contributed by atoms with van der Waals surface area (Å²) in [7, 11) is 0. The van der Waals surface area contributed by atoms with Gasteiger partial charge < -0.3 is 9.47 Å². The van der Waals surface area contributed by atoms with E-state index >= 15 is 0 Å². The Morgan fingerprint density at radius 1 is 1.46 bits per heavy atom. The first-order valence-electron chi connectivity index (χ1n) is 4.47. The topological polar surface area (TPSA) is 35.5 Å². The van der Waals surface area contributed by atoms with Crippen LogP contribution in [-0.4, -0.2) is 25.3 Å². The van der Waals surface area contributed by atoms with Crippen LogP contribution in [0.4, 0.5) is 0 Å². The van der Waals surface area contributed by atoms with Gasteiger partial charge in [0.05, 0.1) is 19.1 Å². The summed E-state index contributed by atoms with van der Waals surface area (Å²) in [6.07, 6.45) is 1.48. The summed E-state index contributed by atoms with van der Waals surface area (Å²) in [5.41, 5.74) is 0. The lowest BCUT2D eigenvalue weighted by atomic mass is 10.2. The van der Waals surface area contributed by atoms with Gasteiger partial charge in [0.25, 0.3) is 0 Å². The smallest absolute Gasteiger partial charge is 0.308 e. The van der Waals surface area contributed by atoms with Crippen LogP contribution < -0.4 is 0 Å². The quantitative estimate of drug-likeness (QED) is 0.360. The third kappa shape index (κ3) is 6.34. The molecule has 0 aromatic carbocycles. The van der Waals surface area contributed by atoms with Gasteiger partial charge in [-0.25, -0.2) is 0 Å². The average molecular weight is 186 g/mol. The van der Waals surface area contributed by atoms with Gasteiger partial charge in [-0.05, 0) is 6.92 Å². The Kier molecular flexibility index (Phi) is 6.24. The van der Waals surface area contributed by atoms with Crippen LogP contribution in [0.3, 0.4) is 0 Å². The molecule has 0 spiro atoms. The molecule has 0 radical (unpaired) electrons. The molecule has 0 amide bonds. The fraction of sp³-hybridized carbons (Fsp3) is 0.700. The van der Waals surface area contributed by atoms with E-state index in [1.165, 1.54) is 0 Å². The molecule has 13 heavy (non-hydrogen) atoms. The van der Waals surface area contributed by atoms with Gasteiger partial charge in [-0.3, -0.25) is 4.79 Å². The van der Waals surface area contributed by atoms with E-state index in [0.717, 1.165) is 0 Å². The highest BCUT2D eigenvalue weighted by atomic mass is 16.6. The molecular weight excluding hydrogens is 168 g/mol. The van der Waals surface area contributed by atoms with Gasteiger partial charge in [-0.1, -0.05) is 19.9 Å². The van der Waals surface area contributed by atoms with Crippen molar-refractivity contribution in [3.8, 4) is 0 Å². The van der Waals surface area contributed by atoms with Crippen LogP contribution in [0, 0.1) is 5.92 Å². The van der Waals surface area contributed by atoms with E-state index in [4.69, 9.17) is 9.47 Å². The Labute approximate surface area is 79.7 Å². The minimum absolute atomic E-state index is 0.0816. The number of carbonyl (C=O) groups is 1. The molecule has 0 heterocycles. The molecule has 0 rings (SSSR count). The summed E-state index contributed by atoms with van der Waals surface area (Å²) in [6, 6.07) is 0. The van der Waals surface area contributed by atoms with E-state index in [1.807, 2.05) is 6.92 Å². The molecular formula is C10H18O3. The second-order valence-electron chi connectivity index (χ2n) is 3.23. The molecule has 0 saturated carbocycles. The maximum Gasteiger partial charge on any atom is 0.308 e. The van der Waals surface area contributed by atoms with E-state index in [9.17, 15) is 4.79 Å². The van der Waals surface area contributed by atoms with Gasteiger partial charge >= 0.3 is 5.97 Å². The van der Waals surface area contributed by atoms with Crippen molar-refractivity contribution in [3.63, 3.8) is 0 Å². The maximum absolute atomic E-state index is 11.1. The number of carbonyl (C=O) groups excluding carboxylic acids is 1. The minimum atomic E-state index is -0.185. The monoisotopic (exact) mass is 186 g/mol. The van der Waals surface area contributed by atoms with E-state index in [0.29, 0.717) is 13.2 Å². The van der Waals surface area contributed by atoms with Crippen LogP contribution >= 0.6 is 0 Å². The molecule has 1 atom stereocenters. The first-order valence-corrected chi connectivity index (χ1v) is 4.47. The summed E-state index contributed by atoms with van der Waals surface area (Å²) in [6.45, 7) is 9.84. The van der Waals surface area contributed by atoms with Gasteiger partial charge in [-0.2, -0.15) is 0 Å². The third-order valence-corrected chi connectivity index (χ3v) is 1.38. The predicted octanol–water partition coefficient (Wildman–Crippen LogP) is 1.78. The zero-order valence-electron chi connectivity index (χ0n) is 8.58. The van der Waals surface area contributed by atoms with Gasteiger partial charge in [-0.15, -0.1) is 6.58 Å². The molecule has 0 aliphatic rings. The molecule has 0 aliphatic heterocycles. The van der Waals surface area contributed by atoms with Crippen molar-refractivity contribution in [2.45, 2.75) is 26.9 Å². The lowest BCUT2D eigenvalue weighted by Crippen LogP contribution is -2.23. The van der Waals surface area contributed by atoms with Crippen LogP contribution in [0.1, 0.15) is 20.8 Å². The third-order valence-electron chi connectivity index (χ3n) is 1.38. The van der Waals surface area contributed by atoms with Crippen molar-refractivity contribution in [1.82, 2.24) is 0 Å². The minimum Gasteiger partial charge on any atom is -0.460 e. The average Bonchev–Trinajstić information content (AvgIpc) is 2.04. The number of rotatable bonds is 6. The molecule has 0 aliphatic carbocycles. The van der Waals surface area contributed by atoms with Crippen molar-refractivity contribution in [3.05, 3.63) is 12.7 Å². The summed E-state index contributed by atoms with van der Waals surface area (Å²) in [4.78, 5) is 11.1. The van der Waals surface area contributed by atoms with E-state index < -0.39 is 0 Å². The number of esters is 1. The molecule has 76 valence electrons. The Balaban J connectivity index is 3.55. The van der Waals surface area contributed by atoms with Gasteiger partial charge in [0.15, 0.2) is 0 Å². The second-order valence-corrected chi connectivity index (χ2v) is 3.23. The van der Waals surface area contributed by atoms with Crippen molar-refractivity contribution >= 4 is 5.97 Å². The molecule has 0 unspecified atom stereocenters. The largest absolute Gasteiger partial charge is 0.460 e. The maximum atomic E-state index is 11.1. The Hall–Kier alpha value is -0.830. The van der Waals surface area contributed by atoms with E-state index in [2.05, 4.69) is 6.58 Å². The standard InChI is InChI=1S/C10H18O3/c1-5-6-12-7-9(4)13-10(11)8(2)3/h5,8-9H,1,6-7H2,2-4H3/t9-/m0/s1. The summed E-state index contributed by atoms with van der Waals surface area (Å²) >= 11 is 0. The fourth-order valence-electron chi connectivity index (χ4n) is 0.686. The fourth-order valence-corrected chi connectivity index (χ4v) is 0.686. The lowest BCUT2D eigenvalue weighted by Gasteiger charge is -2.14. The first kappa shape index (κ1) is 12.2. The predicted molar refractivity (Wildman–Crippen MR) is 51.4 cm³/mol. The van der Waals surface area contributed by atoms with Crippen LogP contribution in [0.5, 0.6) is 0 Å². The van der Waals surface area contributed by atoms with Gasteiger partial charge in [0, 0.05) is 0 Å². The molecule has 0 aromatic heterocycles. The van der Waals surface area contributed by atoms with Gasteiger partial charge in [0.1, 0.15) is 6.10 Å². The lowest BCUT2D eigenvalue weighted by molar-refractivity contribution is -0.154. The van der Waals surface area contributed by atoms with Crippen LogP contribution in [-0.2, 0) is 14.3 Å². The van der Waals surface area contributed by atoms with Crippen molar-refractivity contribution in [2.75, 3.05) is 13.2 Å². The zero-order chi connectivity index (χ0) is 10.3. The Morgan fingerprint density at radius 3 is 2.54 bits per heavy atom.